The lowest BCUT2D eigenvalue weighted by Gasteiger charge is -2.17. The number of hydrogen-bond donors (Lipinski definition) is 1. The number of rotatable bonds is 4. The molecule has 0 radical (unpaired) electrons. The van der Waals surface area contributed by atoms with E-state index in [1.165, 1.54) is 16.8 Å². The third-order valence-corrected chi connectivity index (χ3v) is 3.83. The fraction of sp³-hybridized carbons (Fsp3) is 0.312. The molecule has 1 atom stereocenters. The first-order valence-electron chi connectivity index (χ1n) is 7.04. The number of hydrogen-bond acceptors (Lipinski definition) is 3. The monoisotopic (exact) mass is 283 g/mol. The third-order valence-electron chi connectivity index (χ3n) is 3.83. The molecule has 0 bridgehead atoms. The summed E-state index contributed by atoms with van der Waals surface area (Å²) in [4.78, 5) is 28.2. The van der Waals surface area contributed by atoms with Crippen molar-refractivity contribution in [2.45, 2.75) is 18.8 Å². The van der Waals surface area contributed by atoms with Gasteiger partial charge in [-0.3, -0.25) is 19.5 Å². The summed E-state index contributed by atoms with van der Waals surface area (Å²) in [6, 6.07) is 11.1. The SMILES string of the molecule is Cn1c(NC(=O)C(c2ccccc2)C2CC2)nccc1=O. The van der Waals surface area contributed by atoms with Gasteiger partial charge in [-0.15, -0.1) is 0 Å². The van der Waals surface area contributed by atoms with Crippen LogP contribution in [0.3, 0.4) is 0 Å². The van der Waals surface area contributed by atoms with E-state index in [1.54, 1.807) is 7.05 Å². The second-order valence-corrected chi connectivity index (χ2v) is 5.38. The fourth-order valence-electron chi connectivity index (χ4n) is 2.51. The van der Waals surface area contributed by atoms with E-state index in [2.05, 4.69) is 10.3 Å². The Morgan fingerprint density at radius 1 is 1.29 bits per heavy atom. The number of anilines is 1. The van der Waals surface area contributed by atoms with Crippen LogP contribution in [0.15, 0.2) is 47.4 Å². The van der Waals surface area contributed by atoms with Gasteiger partial charge in [-0.2, -0.15) is 0 Å². The van der Waals surface area contributed by atoms with E-state index in [9.17, 15) is 9.59 Å². The van der Waals surface area contributed by atoms with Crippen molar-refractivity contribution >= 4 is 11.9 Å². The number of nitrogens with one attached hydrogen (secondary N) is 1. The van der Waals surface area contributed by atoms with E-state index < -0.39 is 0 Å². The summed E-state index contributed by atoms with van der Waals surface area (Å²) in [5.74, 6) is 0.392. The van der Waals surface area contributed by atoms with Gasteiger partial charge in [0.2, 0.25) is 11.9 Å². The van der Waals surface area contributed by atoms with E-state index >= 15 is 0 Å². The topological polar surface area (TPSA) is 64.0 Å². The van der Waals surface area contributed by atoms with Crippen LogP contribution >= 0.6 is 0 Å². The van der Waals surface area contributed by atoms with E-state index in [-0.39, 0.29) is 23.3 Å². The van der Waals surface area contributed by atoms with Crippen molar-refractivity contribution in [3.8, 4) is 0 Å². The smallest absolute Gasteiger partial charge is 0.254 e. The molecule has 1 heterocycles. The van der Waals surface area contributed by atoms with Crippen molar-refractivity contribution < 1.29 is 4.79 Å². The van der Waals surface area contributed by atoms with Crippen molar-refractivity contribution in [1.82, 2.24) is 9.55 Å². The molecule has 1 unspecified atom stereocenters. The van der Waals surface area contributed by atoms with Gasteiger partial charge in [0.25, 0.3) is 5.56 Å². The molecule has 3 rings (SSSR count). The Labute approximate surface area is 122 Å². The molecule has 1 aromatic heterocycles. The second kappa shape index (κ2) is 5.52. The molecule has 2 aromatic rings. The summed E-state index contributed by atoms with van der Waals surface area (Å²) in [6.45, 7) is 0. The number of carbonyl (C=O) groups is 1. The first kappa shape index (κ1) is 13.5. The fourth-order valence-corrected chi connectivity index (χ4v) is 2.51. The zero-order valence-electron chi connectivity index (χ0n) is 11.8. The highest BCUT2D eigenvalue weighted by Crippen LogP contribution is 2.43. The lowest BCUT2D eigenvalue weighted by atomic mass is 9.93. The second-order valence-electron chi connectivity index (χ2n) is 5.38. The van der Waals surface area contributed by atoms with E-state index in [4.69, 9.17) is 0 Å². The van der Waals surface area contributed by atoms with Gasteiger partial charge in [0, 0.05) is 19.3 Å². The first-order chi connectivity index (χ1) is 10.2. The molecular formula is C16H17N3O2. The molecule has 1 N–H and O–H groups in total. The van der Waals surface area contributed by atoms with Gasteiger partial charge in [0.05, 0.1) is 5.92 Å². The highest BCUT2D eigenvalue weighted by Gasteiger charge is 2.37. The Morgan fingerprint density at radius 3 is 2.67 bits per heavy atom. The standard InChI is InChI=1S/C16H17N3O2/c1-19-13(20)9-10-17-16(19)18-15(21)14(12-7-8-12)11-5-3-2-4-6-11/h2-6,9-10,12,14H,7-8H2,1H3,(H,17,18,21). The zero-order valence-corrected chi connectivity index (χ0v) is 11.8. The van der Waals surface area contributed by atoms with E-state index in [0.29, 0.717) is 5.92 Å². The van der Waals surface area contributed by atoms with Crippen molar-refractivity contribution in [1.29, 1.82) is 0 Å². The van der Waals surface area contributed by atoms with Crippen LogP contribution in [0.25, 0.3) is 0 Å². The van der Waals surface area contributed by atoms with Crippen LogP contribution in [-0.4, -0.2) is 15.5 Å². The Bertz CT molecular complexity index is 705. The number of nitrogens with zero attached hydrogens (tertiary/aromatic N) is 2. The summed E-state index contributed by atoms with van der Waals surface area (Å²) in [5.41, 5.74) is 0.821. The Morgan fingerprint density at radius 2 is 2.00 bits per heavy atom. The summed E-state index contributed by atoms with van der Waals surface area (Å²) < 4.78 is 1.34. The van der Waals surface area contributed by atoms with E-state index in [1.807, 2.05) is 30.3 Å². The summed E-state index contributed by atoms with van der Waals surface area (Å²) in [6.07, 6.45) is 3.54. The van der Waals surface area contributed by atoms with Crippen LogP contribution in [0.4, 0.5) is 5.95 Å². The number of carbonyl (C=O) groups excluding carboxylic acids is 1. The van der Waals surface area contributed by atoms with Crippen LogP contribution in [0.2, 0.25) is 0 Å². The molecule has 0 spiro atoms. The van der Waals surface area contributed by atoms with Crippen LogP contribution in [-0.2, 0) is 11.8 Å². The van der Waals surface area contributed by atoms with Crippen molar-refractivity contribution in [3.05, 3.63) is 58.5 Å². The molecule has 1 fully saturated rings. The molecule has 1 aliphatic carbocycles. The molecule has 1 aliphatic rings. The molecule has 5 nitrogen and oxygen atoms in total. The summed E-state index contributed by atoms with van der Waals surface area (Å²) >= 11 is 0. The maximum Gasteiger partial charge on any atom is 0.254 e. The molecule has 0 saturated heterocycles. The van der Waals surface area contributed by atoms with Crippen molar-refractivity contribution in [2.75, 3.05) is 5.32 Å². The molecule has 0 aliphatic heterocycles. The Kier molecular flexibility index (Phi) is 3.56. The van der Waals surface area contributed by atoms with Crippen LogP contribution in [0.5, 0.6) is 0 Å². The Hall–Kier alpha value is -2.43. The molecular weight excluding hydrogens is 266 g/mol. The maximum atomic E-state index is 12.6. The molecule has 21 heavy (non-hydrogen) atoms. The summed E-state index contributed by atoms with van der Waals surface area (Å²) in [5, 5.41) is 2.78. The van der Waals surface area contributed by atoms with Gasteiger partial charge in [-0.25, -0.2) is 4.98 Å². The van der Waals surface area contributed by atoms with Crippen molar-refractivity contribution in [2.24, 2.45) is 13.0 Å². The number of amides is 1. The van der Waals surface area contributed by atoms with Gasteiger partial charge >= 0.3 is 0 Å². The van der Waals surface area contributed by atoms with Crippen molar-refractivity contribution in [3.63, 3.8) is 0 Å². The van der Waals surface area contributed by atoms with Crippen LogP contribution < -0.4 is 10.9 Å². The van der Waals surface area contributed by atoms with Crippen LogP contribution in [0, 0.1) is 5.92 Å². The molecule has 1 amide bonds. The van der Waals surface area contributed by atoms with Gasteiger partial charge in [0.1, 0.15) is 0 Å². The highest BCUT2D eigenvalue weighted by atomic mass is 16.2. The molecule has 1 saturated carbocycles. The highest BCUT2D eigenvalue weighted by molar-refractivity contribution is 5.95. The minimum atomic E-state index is -0.192. The predicted octanol–water partition coefficient (Wildman–Crippen LogP) is 1.91. The minimum Gasteiger partial charge on any atom is -0.295 e. The summed E-state index contributed by atoms with van der Waals surface area (Å²) in [7, 11) is 1.60. The molecule has 108 valence electrons. The van der Waals surface area contributed by atoms with Crippen LogP contribution in [0.1, 0.15) is 24.3 Å². The Balaban J connectivity index is 1.86. The lowest BCUT2D eigenvalue weighted by Crippen LogP contribution is -2.28. The molecule has 1 aromatic carbocycles. The predicted molar refractivity (Wildman–Crippen MR) is 80.0 cm³/mol. The first-order valence-corrected chi connectivity index (χ1v) is 7.04. The normalized spacial score (nSPS) is 15.5. The molecule has 5 heteroatoms. The van der Waals surface area contributed by atoms with E-state index in [0.717, 1.165) is 18.4 Å². The maximum absolute atomic E-state index is 12.6. The van der Waals surface area contributed by atoms with Gasteiger partial charge < -0.3 is 0 Å². The number of benzene rings is 1. The third kappa shape index (κ3) is 2.86. The van der Waals surface area contributed by atoms with Gasteiger partial charge in [-0.1, -0.05) is 30.3 Å². The van der Waals surface area contributed by atoms with Gasteiger partial charge in [0.15, 0.2) is 0 Å². The quantitative estimate of drug-likeness (QED) is 0.932. The largest absolute Gasteiger partial charge is 0.295 e. The minimum absolute atomic E-state index is 0.0996. The zero-order chi connectivity index (χ0) is 14.8. The average Bonchev–Trinajstić information content (AvgIpc) is 3.30. The number of aromatic nitrogens is 2. The lowest BCUT2D eigenvalue weighted by molar-refractivity contribution is -0.118. The van der Waals surface area contributed by atoms with Gasteiger partial charge in [-0.05, 0) is 24.3 Å². The average molecular weight is 283 g/mol.